The Morgan fingerprint density at radius 1 is 1.11 bits per heavy atom. The molecule has 0 amide bonds. The van der Waals surface area contributed by atoms with E-state index >= 15 is 0 Å². The Kier molecular flexibility index (Phi) is 5.16. The minimum absolute atomic E-state index is 0.145. The molecule has 138 valence electrons. The molecule has 4 rings (SSSR count). The van der Waals surface area contributed by atoms with E-state index in [1.165, 1.54) is 0 Å². The number of hydrogen-bond acceptors (Lipinski definition) is 6. The van der Waals surface area contributed by atoms with Crippen molar-refractivity contribution in [3.63, 3.8) is 0 Å². The number of likely N-dealkylation sites (tertiary alicyclic amines) is 1. The van der Waals surface area contributed by atoms with E-state index in [0.717, 1.165) is 60.3 Å². The van der Waals surface area contributed by atoms with Gasteiger partial charge in [0.1, 0.15) is 11.5 Å². The fourth-order valence-corrected chi connectivity index (χ4v) is 3.61. The monoisotopic (exact) mass is 361 g/mol. The number of rotatable bonds is 4. The number of carbonyl (C=O) groups excluding carboxylic acids is 1. The van der Waals surface area contributed by atoms with Crippen LogP contribution in [0.1, 0.15) is 25.0 Å². The van der Waals surface area contributed by atoms with E-state index in [1.807, 2.05) is 18.2 Å². The zero-order valence-electron chi connectivity index (χ0n) is 15.5. The van der Waals surface area contributed by atoms with Gasteiger partial charge in [-0.3, -0.25) is 19.7 Å². The fraction of sp³-hybridized carbons (Fsp3) is 0.381. The highest BCUT2D eigenvalue weighted by atomic mass is 16.1. The summed E-state index contributed by atoms with van der Waals surface area (Å²) < 4.78 is 0. The lowest BCUT2D eigenvalue weighted by Crippen LogP contribution is -2.21. The summed E-state index contributed by atoms with van der Waals surface area (Å²) in [6.07, 6.45) is 10.2. The Hall–Kier alpha value is -2.73. The standard InChI is InChI=1S/C21H23N5O/c1-26-9-2-3-15(6-10-26)21(27)12-17-11-19-16(13-24-17)4-5-18(25-19)20-14-22-7-8-23-20/h4-5,7-8,11,13-15H,2-3,6,9-10,12H2,1H3. The van der Waals surface area contributed by atoms with Crippen LogP contribution in [0.2, 0.25) is 0 Å². The molecule has 1 saturated heterocycles. The third-order valence-electron chi connectivity index (χ3n) is 5.22. The quantitative estimate of drug-likeness (QED) is 0.711. The van der Waals surface area contributed by atoms with Gasteiger partial charge in [-0.25, -0.2) is 4.98 Å². The van der Waals surface area contributed by atoms with E-state index in [9.17, 15) is 4.79 Å². The van der Waals surface area contributed by atoms with Gasteiger partial charge in [0, 0.05) is 42.0 Å². The average Bonchev–Trinajstić information content (AvgIpc) is 2.92. The number of ketones is 1. The second-order valence-corrected chi connectivity index (χ2v) is 7.23. The Morgan fingerprint density at radius 2 is 2.04 bits per heavy atom. The Bertz CT molecular complexity index is 944. The van der Waals surface area contributed by atoms with Crippen LogP contribution in [0.5, 0.6) is 0 Å². The Labute approximate surface area is 158 Å². The van der Waals surface area contributed by atoms with Crippen molar-refractivity contribution in [3.05, 3.63) is 48.7 Å². The van der Waals surface area contributed by atoms with Crippen molar-refractivity contribution in [2.45, 2.75) is 25.7 Å². The van der Waals surface area contributed by atoms with Crippen molar-refractivity contribution >= 4 is 16.7 Å². The van der Waals surface area contributed by atoms with Crippen LogP contribution in [-0.2, 0) is 11.2 Å². The summed E-state index contributed by atoms with van der Waals surface area (Å²) in [7, 11) is 2.12. The molecule has 1 atom stereocenters. The molecule has 1 fully saturated rings. The Morgan fingerprint density at radius 3 is 2.89 bits per heavy atom. The molecule has 0 aromatic carbocycles. The van der Waals surface area contributed by atoms with Gasteiger partial charge in [-0.05, 0) is 57.6 Å². The first-order valence-electron chi connectivity index (χ1n) is 9.42. The van der Waals surface area contributed by atoms with Crippen molar-refractivity contribution < 1.29 is 4.79 Å². The summed E-state index contributed by atoms with van der Waals surface area (Å²) in [4.78, 5) is 32.6. The summed E-state index contributed by atoms with van der Waals surface area (Å²) in [5.41, 5.74) is 3.12. The van der Waals surface area contributed by atoms with Gasteiger partial charge in [0.25, 0.3) is 0 Å². The SMILES string of the molecule is CN1CCCC(C(=O)Cc2cc3nc(-c4cnccn4)ccc3cn2)CC1. The van der Waals surface area contributed by atoms with Gasteiger partial charge in [0.15, 0.2) is 0 Å². The molecule has 0 spiro atoms. The molecule has 1 unspecified atom stereocenters. The van der Waals surface area contributed by atoms with Crippen LogP contribution in [0, 0.1) is 5.92 Å². The van der Waals surface area contributed by atoms with Gasteiger partial charge < -0.3 is 4.90 Å². The molecular formula is C21H23N5O. The maximum absolute atomic E-state index is 12.8. The van der Waals surface area contributed by atoms with E-state index in [-0.39, 0.29) is 5.92 Å². The van der Waals surface area contributed by atoms with E-state index in [4.69, 9.17) is 4.98 Å². The normalized spacial score (nSPS) is 18.3. The van der Waals surface area contributed by atoms with Gasteiger partial charge in [-0.15, -0.1) is 0 Å². The van der Waals surface area contributed by atoms with Crippen LogP contribution in [0.25, 0.3) is 22.3 Å². The van der Waals surface area contributed by atoms with Crippen molar-refractivity contribution in [3.8, 4) is 11.4 Å². The smallest absolute Gasteiger partial charge is 0.141 e. The highest BCUT2D eigenvalue weighted by Crippen LogP contribution is 2.22. The minimum atomic E-state index is 0.145. The molecule has 0 bridgehead atoms. The minimum Gasteiger partial charge on any atom is -0.306 e. The largest absolute Gasteiger partial charge is 0.306 e. The molecule has 1 aliphatic rings. The van der Waals surface area contributed by atoms with Crippen LogP contribution in [-0.4, -0.2) is 50.8 Å². The molecule has 4 heterocycles. The number of carbonyl (C=O) groups is 1. The van der Waals surface area contributed by atoms with Gasteiger partial charge in [0.2, 0.25) is 0 Å². The van der Waals surface area contributed by atoms with Gasteiger partial charge in [0.05, 0.1) is 17.4 Å². The molecule has 0 saturated carbocycles. The van der Waals surface area contributed by atoms with Crippen molar-refractivity contribution in [2.24, 2.45) is 5.92 Å². The highest BCUT2D eigenvalue weighted by molar-refractivity contribution is 5.85. The van der Waals surface area contributed by atoms with Crippen LogP contribution in [0.15, 0.2) is 43.0 Å². The van der Waals surface area contributed by atoms with Crippen molar-refractivity contribution in [1.29, 1.82) is 0 Å². The summed E-state index contributed by atoms with van der Waals surface area (Å²) >= 11 is 0. The lowest BCUT2D eigenvalue weighted by atomic mass is 9.93. The van der Waals surface area contributed by atoms with Crippen LogP contribution in [0.4, 0.5) is 0 Å². The maximum atomic E-state index is 12.8. The first-order chi connectivity index (χ1) is 13.2. The first-order valence-corrected chi connectivity index (χ1v) is 9.42. The summed E-state index contributed by atoms with van der Waals surface area (Å²) in [5.74, 6) is 0.438. The maximum Gasteiger partial charge on any atom is 0.141 e. The third kappa shape index (κ3) is 4.17. The molecule has 6 heteroatoms. The molecule has 6 nitrogen and oxygen atoms in total. The topological polar surface area (TPSA) is 71.9 Å². The van der Waals surface area contributed by atoms with Crippen LogP contribution in [0.3, 0.4) is 0 Å². The zero-order valence-corrected chi connectivity index (χ0v) is 15.5. The van der Waals surface area contributed by atoms with Crippen molar-refractivity contribution in [2.75, 3.05) is 20.1 Å². The number of fused-ring (bicyclic) bond motifs is 1. The second-order valence-electron chi connectivity index (χ2n) is 7.23. The molecule has 1 aliphatic heterocycles. The van der Waals surface area contributed by atoms with Gasteiger partial charge in [-0.1, -0.05) is 0 Å². The van der Waals surface area contributed by atoms with Crippen molar-refractivity contribution in [1.82, 2.24) is 24.8 Å². The molecule has 0 radical (unpaired) electrons. The Balaban J connectivity index is 1.54. The molecule has 0 N–H and O–H groups in total. The number of pyridine rings is 2. The lowest BCUT2D eigenvalue weighted by molar-refractivity contribution is -0.122. The predicted molar refractivity (Wildman–Crippen MR) is 104 cm³/mol. The summed E-state index contributed by atoms with van der Waals surface area (Å²) in [5, 5.41) is 0.954. The molecular weight excluding hydrogens is 338 g/mol. The predicted octanol–water partition coefficient (Wildman–Crippen LogP) is 2.93. The molecule has 0 aliphatic carbocycles. The third-order valence-corrected chi connectivity index (χ3v) is 5.22. The fourth-order valence-electron chi connectivity index (χ4n) is 3.61. The van der Waals surface area contributed by atoms with E-state index in [1.54, 1.807) is 24.8 Å². The first kappa shape index (κ1) is 17.7. The average molecular weight is 361 g/mol. The highest BCUT2D eigenvalue weighted by Gasteiger charge is 2.22. The zero-order chi connectivity index (χ0) is 18.6. The van der Waals surface area contributed by atoms with Gasteiger partial charge in [-0.2, -0.15) is 0 Å². The lowest BCUT2D eigenvalue weighted by Gasteiger charge is -2.14. The number of hydrogen-bond donors (Lipinski definition) is 0. The van der Waals surface area contributed by atoms with E-state index in [2.05, 4.69) is 26.9 Å². The number of nitrogens with zero attached hydrogens (tertiary/aromatic N) is 5. The van der Waals surface area contributed by atoms with E-state index < -0.39 is 0 Å². The molecule has 3 aromatic rings. The van der Waals surface area contributed by atoms with E-state index in [0.29, 0.717) is 12.2 Å². The van der Waals surface area contributed by atoms with Crippen LogP contribution < -0.4 is 0 Å². The number of Topliss-reactive ketones (excluding diaryl/α,β-unsaturated/α-hetero) is 1. The molecule has 3 aromatic heterocycles. The van der Waals surface area contributed by atoms with Crippen LogP contribution >= 0.6 is 0 Å². The second kappa shape index (κ2) is 7.88. The molecule has 27 heavy (non-hydrogen) atoms. The van der Waals surface area contributed by atoms with Gasteiger partial charge >= 0.3 is 0 Å². The summed E-state index contributed by atoms with van der Waals surface area (Å²) in [6.45, 7) is 2.07. The summed E-state index contributed by atoms with van der Waals surface area (Å²) in [6, 6.07) is 5.82. The number of aromatic nitrogens is 4.